The molecule has 0 bridgehead atoms. The molecule has 0 spiro atoms. The van der Waals surface area contributed by atoms with E-state index in [2.05, 4.69) is 23.9 Å². The number of hydrogen-bond donors (Lipinski definition) is 0. The maximum Gasteiger partial charge on any atom is 0.264 e. The smallest absolute Gasteiger partial charge is 0.264 e. The second-order valence-electron chi connectivity index (χ2n) is 5.93. The number of hydrogen-bond acceptors (Lipinski definition) is 3. The minimum atomic E-state index is -0.00895. The average Bonchev–Trinajstić information content (AvgIpc) is 2.91. The van der Waals surface area contributed by atoms with E-state index in [1.54, 1.807) is 15.4 Å². The van der Waals surface area contributed by atoms with Crippen LogP contribution in [0.4, 0.5) is 0 Å². The molecule has 0 atom stereocenters. The molecular formula is C17H20N4O. The Labute approximate surface area is 129 Å². The van der Waals surface area contributed by atoms with Crippen molar-refractivity contribution < 1.29 is 0 Å². The Morgan fingerprint density at radius 2 is 1.91 bits per heavy atom. The third-order valence-electron chi connectivity index (χ3n) is 3.81. The van der Waals surface area contributed by atoms with E-state index in [4.69, 9.17) is 0 Å². The van der Waals surface area contributed by atoms with Gasteiger partial charge in [0.25, 0.3) is 5.56 Å². The van der Waals surface area contributed by atoms with E-state index in [0.29, 0.717) is 23.5 Å². The van der Waals surface area contributed by atoms with E-state index in [9.17, 15) is 4.79 Å². The molecule has 0 fully saturated rings. The van der Waals surface area contributed by atoms with E-state index < -0.39 is 0 Å². The predicted molar refractivity (Wildman–Crippen MR) is 87.3 cm³/mol. The van der Waals surface area contributed by atoms with Crippen LogP contribution in [0.5, 0.6) is 0 Å². The number of para-hydroxylation sites is 1. The lowest BCUT2D eigenvalue weighted by molar-refractivity contribution is 0.498. The zero-order valence-electron chi connectivity index (χ0n) is 13.2. The number of aromatic nitrogens is 4. The first-order valence-corrected chi connectivity index (χ1v) is 7.58. The van der Waals surface area contributed by atoms with Gasteiger partial charge in [0.15, 0.2) is 5.65 Å². The summed E-state index contributed by atoms with van der Waals surface area (Å²) in [6.07, 6.45) is 2.57. The van der Waals surface area contributed by atoms with Crippen LogP contribution in [0.25, 0.3) is 16.7 Å². The Bertz CT molecular complexity index is 846. The Morgan fingerprint density at radius 1 is 1.18 bits per heavy atom. The molecular weight excluding hydrogens is 276 g/mol. The molecule has 0 aliphatic heterocycles. The molecule has 0 saturated carbocycles. The van der Waals surface area contributed by atoms with Crippen LogP contribution in [-0.4, -0.2) is 19.3 Å². The van der Waals surface area contributed by atoms with Crippen molar-refractivity contribution in [2.45, 2.75) is 33.7 Å². The molecule has 0 radical (unpaired) electrons. The topological polar surface area (TPSA) is 52.7 Å². The average molecular weight is 296 g/mol. The number of benzene rings is 1. The van der Waals surface area contributed by atoms with Crippen LogP contribution in [-0.2, 0) is 6.54 Å². The van der Waals surface area contributed by atoms with Gasteiger partial charge in [0.05, 0.1) is 11.9 Å². The fourth-order valence-electron chi connectivity index (χ4n) is 2.52. The summed E-state index contributed by atoms with van der Waals surface area (Å²) in [6.45, 7) is 6.88. The first-order valence-electron chi connectivity index (χ1n) is 7.58. The molecule has 0 aliphatic carbocycles. The van der Waals surface area contributed by atoms with Crippen LogP contribution < -0.4 is 5.56 Å². The minimum Gasteiger partial charge on any atom is -0.296 e. The van der Waals surface area contributed by atoms with Gasteiger partial charge in [-0.05, 0) is 31.4 Å². The summed E-state index contributed by atoms with van der Waals surface area (Å²) in [5, 5.41) is 4.91. The molecule has 5 heteroatoms. The number of aryl methyl sites for hydroxylation is 1. The van der Waals surface area contributed by atoms with E-state index in [1.807, 2.05) is 37.3 Å². The molecule has 0 aliphatic rings. The number of nitrogens with zero attached hydrogens (tertiary/aromatic N) is 4. The quantitative estimate of drug-likeness (QED) is 0.744. The summed E-state index contributed by atoms with van der Waals surface area (Å²) >= 11 is 0. The highest BCUT2D eigenvalue weighted by molar-refractivity contribution is 5.75. The summed E-state index contributed by atoms with van der Waals surface area (Å²) in [5.74, 6) is 1.28. The van der Waals surface area contributed by atoms with Gasteiger partial charge in [-0.2, -0.15) is 5.10 Å². The standard InChI is InChI=1S/C17H20N4O/c1-12(2)9-10-20-13(3)19-16-15(17(20)22)11-18-21(16)14-7-5-4-6-8-14/h4-8,11-12H,9-10H2,1-3H3. The summed E-state index contributed by atoms with van der Waals surface area (Å²) in [5.41, 5.74) is 1.52. The van der Waals surface area contributed by atoms with Gasteiger partial charge >= 0.3 is 0 Å². The Hall–Kier alpha value is -2.43. The van der Waals surface area contributed by atoms with Crippen LogP contribution >= 0.6 is 0 Å². The van der Waals surface area contributed by atoms with Gasteiger partial charge < -0.3 is 0 Å². The fraction of sp³-hybridized carbons (Fsp3) is 0.353. The number of fused-ring (bicyclic) bond motifs is 1. The molecule has 3 aromatic rings. The molecule has 1 aromatic carbocycles. The van der Waals surface area contributed by atoms with Crippen LogP contribution in [0.1, 0.15) is 26.1 Å². The highest BCUT2D eigenvalue weighted by Crippen LogP contribution is 2.14. The molecule has 5 nitrogen and oxygen atoms in total. The second kappa shape index (κ2) is 5.75. The summed E-state index contributed by atoms with van der Waals surface area (Å²) < 4.78 is 3.47. The van der Waals surface area contributed by atoms with Crippen molar-refractivity contribution in [1.82, 2.24) is 19.3 Å². The van der Waals surface area contributed by atoms with Crippen molar-refractivity contribution in [1.29, 1.82) is 0 Å². The van der Waals surface area contributed by atoms with Crippen molar-refractivity contribution in [3.8, 4) is 5.69 Å². The molecule has 0 N–H and O–H groups in total. The maximum absolute atomic E-state index is 12.7. The third kappa shape index (κ3) is 2.54. The predicted octanol–water partition coefficient (Wildman–Crippen LogP) is 2.94. The van der Waals surface area contributed by atoms with Crippen LogP contribution in [0.2, 0.25) is 0 Å². The SMILES string of the molecule is Cc1nc2c(cnn2-c2ccccc2)c(=O)n1CCC(C)C. The highest BCUT2D eigenvalue weighted by Gasteiger charge is 2.14. The summed E-state index contributed by atoms with van der Waals surface area (Å²) in [6, 6.07) is 9.74. The Kier molecular flexibility index (Phi) is 3.79. The molecule has 2 aromatic heterocycles. The van der Waals surface area contributed by atoms with Gasteiger partial charge in [0, 0.05) is 6.54 Å². The van der Waals surface area contributed by atoms with Crippen LogP contribution in [0.3, 0.4) is 0 Å². The number of rotatable bonds is 4. The van der Waals surface area contributed by atoms with Gasteiger partial charge in [-0.15, -0.1) is 0 Å². The van der Waals surface area contributed by atoms with Gasteiger partial charge in [-0.1, -0.05) is 32.0 Å². The molecule has 2 heterocycles. The van der Waals surface area contributed by atoms with Gasteiger partial charge in [-0.3, -0.25) is 9.36 Å². The fourth-order valence-corrected chi connectivity index (χ4v) is 2.52. The van der Waals surface area contributed by atoms with E-state index in [-0.39, 0.29) is 5.56 Å². The first-order chi connectivity index (χ1) is 10.6. The lowest BCUT2D eigenvalue weighted by Crippen LogP contribution is -2.24. The minimum absolute atomic E-state index is 0.00895. The van der Waals surface area contributed by atoms with Crippen LogP contribution in [0.15, 0.2) is 41.3 Å². The van der Waals surface area contributed by atoms with Crippen molar-refractivity contribution in [2.24, 2.45) is 5.92 Å². The zero-order chi connectivity index (χ0) is 15.7. The van der Waals surface area contributed by atoms with Crippen molar-refractivity contribution in [3.05, 3.63) is 52.7 Å². The van der Waals surface area contributed by atoms with E-state index in [0.717, 1.165) is 17.9 Å². The van der Waals surface area contributed by atoms with E-state index in [1.165, 1.54) is 0 Å². The molecule has 0 amide bonds. The molecule has 3 rings (SSSR count). The second-order valence-corrected chi connectivity index (χ2v) is 5.93. The van der Waals surface area contributed by atoms with Crippen molar-refractivity contribution in [2.75, 3.05) is 0 Å². The van der Waals surface area contributed by atoms with Crippen LogP contribution in [0, 0.1) is 12.8 Å². The molecule has 0 unspecified atom stereocenters. The van der Waals surface area contributed by atoms with Gasteiger partial charge in [-0.25, -0.2) is 9.67 Å². The maximum atomic E-state index is 12.7. The highest BCUT2D eigenvalue weighted by atomic mass is 16.1. The monoisotopic (exact) mass is 296 g/mol. The summed E-state index contributed by atoms with van der Waals surface area (Å²) in [7, 11) is 0. The lowest BCUT2D eigenvalue weighted by atomic mass is 10.1. The van der Waals surface area contributed by atoms with Gasteiger partial charge in [0.1, 0.15) is 11.2 Å². The summed E-state index contributed by atoms with van der Waals surface area (Å²) in [4.78, 5) is 17.3. The third-order valence-corrected chi connectivity index (χ3v) is 3.81. The largest absolute Gasteiger partial charge is 0.296 e. The van der Waals surface area contributed by atoms with Gasteiger partial charge in [0.2, 0.25) is 0 Å². The van der Waals surface area contributed by atoms with Crippen molar-refractivity contribution in [3.63, 3.8) is 0 Å². The Morgan fingerprint density at radius 3 is 2.59 bits per heavy atom. The molecule has 0 saturated heterocycles. The van der Waals surface area contributed by atoms with Crippen molar-refractivity contribution >= 4 is 11.0 Å². The lowest BCUT2D eigenvalue weighted by Gasteiger charge is -2.11. The van der Waals surface area contributed by atoms with E-state index >= 15 is 0 Å². The first kappa shape index (κ1) is 14.5. The zero-order valence-corrected chi connectivity index (χ0v) is 13.2. The molecule has 114 valence electrons. The normalized spacial score (nSPS) is 11.5. The Balaban J connectivity index is 2.13. The molecule has 22 heavy (non-hydrogen) atoms.